The van der Waals surface area contributed by atoms with Crippen LogP contribution in [0.25, 0.3) is 0 Å². The molecule has 1 aromatic rings. The van der Waals surface area contributed by atoms with E-state index in [9.17, 15) is 13.2 Å². The van der Waals surface area contributed by atoms with Gasteiger partial charge in [0, 0.05) is 11.0 Å². The van der Waals surface area contributed by atoms with Gasteiger partial charge in [0.15, 0.2) is 5.75 Å². The van der Waals surface area contributed by atoms with E-state index >= 15 is 0 Å². The minimum Gasteiger partial charge on any atom is -0.404 e. The molecule has 0 aliphatic heterocycles. The third-order valence-electron chi connectivity index (χ3n) is 2.51. The molecule has 2 nitrogen and oxygen atoms in total. The largest absolute Gasteiger partial charge is 0.573 e. The Bertz CT molecular complexity index is 395. The van der Waals surface area contributed by atoms with Crippen molar-refractivity contribution in [1.82, 2.24) is 0 Å². The van der Waals surface area contributed by atoms with Crippen molar-refractivity contribution < 1.29 is 17.9 Å². The summed E-state index contributed by atoms with van der Waals surface area (Å²) < 4.78 is 41.3. The van der Waals surface area contributed by atoms with Crippen LogP contribution in [0.3, 0.4) is 0 Å². The first kappa shape index (κ1) is 15.1. The number of benzene rings is 1. The zero-order valence-corrected chi connectivity index (χ0v) is 11.7. The van der Waals surface area contributed by atoms with Gasteiger partial charge in [-0.25, -0.2) is 0 Å². The van der Waals surface area contributed by atoms with E-state index in [4.69, 9.17) is 0 Å². The van der Waals surface area contributed by atoms with Crippen LogP contribution in [0, 0.1) is 5.92 Å². The fourth-order valence-corrected chi connectivity index (χ4v) is 1.62. The maximum absolute atomic E-state index is 12.3. The molecule has 1 N–H and O–H groups in total. The van der Waals surface area contributed by atoms with Gasteiger partial charge in [0.25, 0.3) is 0 Å². The van der Waals surface area contributed by atoms with E-state index in [1.165, 1.54) is 6.07 Å². The summed E-state index contributed by atoms with van der Waals surface area (Å²) in [5.74, 6) is 0.160. The number of hydrogen-bond donors (Lipinski definition) is 1. The number of nitrogens with one attached hydrogen (secondary N) is 1. The molecule has 18 heavy (non-hydrogen) atoms. The second-order valence-electron chi connectivity index (χ2n) is 4.08. The predicted molar refractivity (Wildman–Crippen MR) is 68.8 cm³/mol. The Balaban J connectivity index is 2.83. The van der Waals surface area contributed by atoms with Crippen molar-refractivity contribution in [2.45, 2.75) is 26.6 Å². The number of ether oxygens (including phenoxy) is 1. The van der Waals surface area contributed by atoms with Crippen molar-refractivity contribution in [2.24, 2.45) is 5.92 Å². The Hall–Kier alpha value is -0.910. The van der Waals surface area contributed by atoms with E-state index < -0.39 is 6.36 Å². The first-order valence-electron chi connectivity index (χ1n) is 5.61. The Morgan fingerprint density at radius 3 is 2.61 bits per heavy atom. The van der Waals surface area contributed by atoms with Gasteiger partial charge in [-0.05, 0) is 24.1 Å². The molecule has 0 aliphatic rings. The second-order valence-corrected chi connectivity index (χ2v) is 5.00. The topological polar surface area (TPSA) is 21.3 Å². The van der Waals surface area contributed by atoms with Gasteiger partial charge >= 0.3 is 6.36 Å². The van der Waals surface area contributed by atoms with Crippen LogP contribution in [0.15, 0.2) is 22.7 Å². The van der Waals surface area contributed by atoms with Crippen LogP contribution >= 0.6 is 15.9 Å². The Labute approximate surface area is 113 Å². The highest BCUT2D eigenvalue weighted by molar-refractivity contribution is 9.10. The molecule has 0 bridgehead atoms. The van der Waals surface area contributed by atoms with Gasteiger partial charge in [0.2, 0.25) is 0 Å². The molecule has 102 valence electrons. The molecule has 6 heteroatoms. The molecule has 1 rings (SSSR count). The first-order chi connectivity index (χ1) is 8.31. The summed E-state index contributed by atoms with van der Waals surface area (Å²) in [4.78, 5) is 0. The van der Waals surface area contributed by atoms with E-state index in [-0.39, 0.29) is 5.75 Å². The molecule has 1 unspecified atom stereocenters. The third kappa shape index (κ3) is 5.16. The average Bonchev–Trinajstić information content (AvgIpc) is 2.25. The summed E-state index contributed by atoms with van der Waals surface area (Å²) in [5.41, 5.74) is 0.343. The highest BCUT2D eigenvalue weighted by atomic mass is 79.9. The van der Waals surface area contributed by atoms with Gasteiger partial charge in [-0.15, -0.1) is 13.2 Å². The van der Waals surface area contributed by atoms with E-state index in [1.807, 2.05) is 13.8 Å². The maximum atomic E-state index is 12.3. The summed E-state index contributed by atoms with van der Waals surface area (Å²) in [6, 6.07) is 4.53. The third-order valence-corrected chi connectivity index (χ3v) is 3.00. The fourth-order valence-electron chi connectivity index (χ4n) is 1.28. The SMILES string of the molecule is CCC(C)CNc1ccc(Br)cc1OC(F)(F)F. The molecule has 0 radical (unpaired) electrons. The number of alkyl halides is 3. The number of anilines is 1. The lowest BCUT2D eigenvalue weighted by molar-refractivity contribution is -0.274. The zero-order valence-electron chi connectivity index (χ0n) is 10.1. The molecule has 0 saturated heterocycles. The molecule has 1 aromatic carbocycles. The smallest absolute Gasteiger partial charge is 0.404 e. The fraction of sp³-hybridized carbons (Fsp3) is 0.500. The van der Waals surface area contributed by atoms with Crippen molar-refractivity contribution in [3.63, 3.8) is 0 Å². The Morgan fingerprint density at radius 2 is 2.06 bits per heavy atom. The number of halogens is 4. The van der Waals surface area contributed by atoms with Crippen molar-refractivity contribution in [1.29, 1.82) is 0 Å². The van der Waals surface area contributed by atoms with E-state index in [0.717, 1.165) is 6.42 Å². The van der Waals surface area contributed by atoms with Crippen LogP contribution in [0.4, 0.5) is 18.9 Å². The van der Waals surface area contributed by atoms with Crippen LogP contribution in [0.5, 0.6) is 5.75 Å². The van der Waals surface area contributed by atoms with Gasteiger partial charge < -0.3 is 10.1 Å². The summed E-state index contributed by atoms with van der Waals surface area (Å²) in [5, 5.41) is 2.97. The summed E-state index contributed by atoms with van der Waals surface area (Å²) >= 11 is 3.12. The molecule has 0 aromatic heterocycles. The average molecular weight is 326 g/mol. The molecule has 0 heterocycles. The molecule has 1 atom stereocenters. The summed E-state index contributed by atoms with van der Waals surface area (Å²) in [7, 11) is 0. The van der Waals surface area contributed by atoms with E-state index in [2.05, 4.69) is 26.0 Å². The zero-order chi connectivity index (χ0) is 13.8. The first-order valence-corrected chi connectivity index (χ1v) is 6.40. The Morgan fingerprint density at radius 1 is 1.39 bits per heavy atom. The van der Waals surface area contributed by atoms with Crippen molar-refractivity contribution in [3.8, 4) is 5.75 Å². The van der Waals surface area contributed by atoms with Gasteiger partial charge in [-0.3, -0.25) is 0 Å². The number of rotatable bonds is 5. The highest BCUT2D eigenvalue weighted by Crippen LogP contribution is 2.33. The minimum absolute atomic E-state index is 0.222. The van der Waals surface area contributed by atoms with Crippen LogP contribution in [0.1, 0.15) is 20.3 Å². The van der Waals surface area contributed by atoms with Gasteiger partial charge in [-0.1, -0.05) is 36.2 Å². The van der Waals surface area contributed by atoms with E-state index in [1.54, 1.807) is 12.1 Å². The normalized spacial score (nSPS) is 13.2. The standard InChI is InChI=1S/C12H15BrF3NO/c1-3-8(2)7-17-10-5-4-9(13)6-11(10)18-12(14,15)16/h4-6,8,17H,3,7H2,1-2H3. The van der Waals surface area contributed by atoms with Gasteiger partial charge in [0.05, 0.1) is 5.69 Å². The molecule has 0 saturated carbocycles. The minimum atomic E-state index is -4.69. The maximum Gasteiger partial charge on any atom is 0.573 e. The molecular formula is C12H15BrF3NO. The lowest BCUT2D eigenvalue weighted by Crippen LogP contribution is -2.19. The highest BCUT2D eigenvalue weighted by Gasteiger charge is 2.32. The van der Waals surface area contributed by atoms with Crippen LogP contribution in [0.2, 0.25) is 0 Å². The number of hydrogen-bond acceptors (Lipinski definition) is 2. The summed E-state index contributed by atoms with van der Waals surface area (Å²) in [6.07, 6.45) is -3.73. The van der Waals surface area contributed by atoms with Gasteiger partial charge in [0.1, 0.15) is 0 Å². The van der Waals surface area contributed by atoms with Crippen LogP contribution in [-0.2, 0) is 0 Å². The van der Waals surface area contributed by atoms with Crippen molar-refractivity contribution >= 4 is 21.6 Å². The van der Waals surface area contributed by atoms with Crippen molar-refractivity contribution in [3.05, 3.63) is 22.7 Å². The van der Waals surface area contributed by atoms with Crippen LogP contribution < -0.4 is 10.1 Å². The molecule has 0 fully saturated rings. The molecule has 0 spiro atoms. The predicted octanol–water partition coefficient (Wildman–Crippen LogP) is 4.81. The summed E-state index contributed by atoms with van der Waals surface area (Å²) in [6.45, 7) is 4.66. The molecule has 0 aliphatic carbocycles. The van der Waals surface area contributed by atoms with Crippen LogP contribution in [-0.4, -0.2) is 12.9 Å². The monoisotopic (exact) mass is 325 g/mol. The molecule has 0 amide bonds. The second kappa shape index (κ2) is 6.31. The van der Waals surface area contributed by atoms with E-state index in [0.29, 0.717) is 22.6 Å². The quantitative estimate of drug-likeness (QED) is 0.839. The Kier molecular flexibility index (Phi) is 5.31. The van der Waals surface area contributed by atoms with Crippen molar-refractivity contribution in [2.75, 3.05) is 11.9 Å². The lowest BCUT2D eigenvalue weighted by atomic mass is 10.1. The molecular weight excluding hydrogens is 311 g/mol. The lowest BCUT2D eigenvalue weighted by Gasteiger charge is -2.16. The van der Waals surface area contributed by atoms with Gasteiger partial charge in [-0.2, -0.15) is 0 Å².